The number of ether oxygens (including phenoxy) is 2. The van der Waals surface area contributed by atoms with E-state index in [0.29, 0.717) is 6.42 Å². The number of aromatic nitrogens is 1. The van der Waals surface area contributed by atoms with Crippen LogP contribution in [0.4, 0.5) is 4.79 Å². The molecule has 158 valence electrons. The molecule has 0 saturated carbocycles. The molecule has 1 rings (SSSR count). The molecule has 0 aliphatic heterocycles. The zero-order valence-electron chi connectivity index (χ0n) is 16.3. The highest BCUT2D eigenvalue weighted by Gasteiger charge is 2.19. The number of amides is 1. The van der Waals surface area contributed by atoms with Gasteiger partial charge in [-0.25, -0.2) is 22.9 Å². The van der Waals surface area contributed by atoms with Crippen molar-refractivity contribution in [2.24, 2.45) is 0 Å². The molecule has 1 aromatic rings. The number of sulfonamides is 1. The highest BCUT2D eigenvalue weighted by molar-refractivity contribution is 7.90. The maximum absolute atomic E-state index is 12.2. The lowest BCUT2D eigenvalue weighted by Gasteiger charge is -2.09. The van der Waals surface area contributed by atoms with Crippen molar-refractivity contribution in [3.05, 3.63) is 17.8 Å². The summed E-state index contributed by atoms with van der Waals surface area (Å²) in [4.78, 5) is 26.4. The van der Waals surface area contributed by atoms with Crippen LogP contribution < -0.4 is 14.2 Å². The predicted octanol–water partition coefficient (Wildman–Crippen LogP) is 3.35. The lowest BCUT2D eigenvalue weighted by Crippen LogP contribution is -2.32. The van der Waals surface area contributed by atoms with E-state index in [-0.39, 0.29) is 22.9 Å². The lowest BCUT2D eigenvalue weighted by molar-refractivity contribution is 0.0980. The molecule has 0 saturated heterocycles. The first-order valence-corrected chi connectivity index (χ1v) is 10.9. The van der Waals surface area contributed by atoms with Crippen molar-refractivity contribution in [1.82, 2.24) is 9.71 Å². The van der Waals surface area contributed by atoms with Gasteiger partial charge in [0.1, 0.15) is 0 Å². The van der Waals surface area contributed by atoms with E-state index < -0.39 is 22.1 Å². The molecular formula is C18H28N2O7S. The Morgan fingerprint density at radius 1 is 1.11 bits per heavy atom. The van der Waals surface area contributed by atoms with Gasteiger partial charge in [-0.15, -0.1) is 0 Å². The Morgan fingerprint density at radius 2 is 1.71 bits per heavy atom. The minimum Gasteiger partial charge on any atom is -0.491 e. The minimum absolute atomic E-state index is 0.0888. The first-order chi connectivity index (χ1) is 13.3. The Balaban J connectivity index is 2.51. The van der Waals surface area contributed by atoms with Gasteiger partial charge < -0.3 is 14.6 Å². The van der Waals surface area contributed by atoms with Crippen molar-refractivity contribution < 1.29 is 32.6 Å². The molecule has 0 radical (unpaired) electrons. The summed E-state index contributed by atoms with van der Waals surface area (Å²) < 4.78 is 35.4. The summed E-state index contributed by atoms with van der Waals surface area (Å²) >= 11 is 0. The van der Waals surface area contributed by atoms with E-state index in [1.165, 1.54) is 26.4 Å². The van der Waals surface area contributed by atoms with E-state index in [1.807, 2.05) is 4.72 Å². The third-order valence-corrected chi connectivity index (χ3v) is 5.32. The zero-order chi connectivity index (χ0) is 21.0. The Labute approximate surface area is 165 Å². The monoisotopic (exact) mass is 416 g/mol. The van der Waals surface area contributed by atoms with Crippen LogP contribution in [0, 0.1) is 0 Å². The third-order valence-electron chi connectivity index (χ3n) is 4.00. The van der Waals surface area contributed by atoms with Crippen LogP contribution in [0.25, 0.3) is 0 Å². The van der Waals surface area contributed by atoms with Gasteiger partial charge in [0.2, 0.25) is 10.0 Å². The van der Waals surface area contributed by atoms with Crippen LogP contribution in [-0.4, -0.2) is 43.4 Å². The molecule has 1 amide bonds. The first-order valence-electron chi connectivity index (χ1n) is 9.28. The van der Waals surface area contributed by atoms with E-state index in [1.54, 1.807) is 0 Å². The summed E-state index contributed by atoms with van der Waals surface area (Å²) in [7, 11) is -2.53. The lowest BCUT2D eigenvalue weighted by atomic mass is 10.1. The van der Waals surface area contributed by atoms with Gasteiger partial charge in [-0.2, -0.15) is 0 Å². The standard InChI is InChI=1S/C18H28N2O7S/c1-3-4-5-6-7-8-9-10-11-28(24,25)20-16(21)14-12-15(26-2)17(19-13-14)27-18(22)23/h12-13H,3-11H2,1-2H3,(H,20,21)(H,22,23). The smallest absolute Gasteiger partial charge is 0.491 e. The second kappa shape index (κ2) is 12.2. The van der Waals surface area contributed by atoms with Gasteiger partial charge in [-0.05, 0) is 6.42 Å². The molecule has 0 fully saturated rings. The number of hydrogen-bond donors (Lipinski definition) is 2. The van der Waals surface area contributed by atoms with Gasteiger partial charge in [0.25, 0.3) is 11.8 Å². The number of methoxy groups -OCH3 is 1. The maximum atomic E-state index is 12.2. The molecule has 0 aliphatic rings. The van der Waals surface area contributed by atoms with Crippen molar-refractivity contribution in [3.63, 3.8) is 0 Å². The summed E-state index contributed by atoms with van der Waals surface area (Å²) in [6.45, 7) is 2.16. The summed E-state index contributed by atoms with van der Waals surface area (Å²) in [5.41, 5.74) is -0.0888. The fourth-order valence-corrected chi connectivity index (χ4v) is 3.63. The number of carbonyl (C=O) groups excluding carboxylic acids is 1. The minimum atomic E-state index is -3.77. The van der Waals surface area contributed by atoms with Gasteiger partial charge in [-0.3, -0.25) is 4.79 Å². The summed E-state index contributed by atoms with van der Waals surface area (Å²) in [5.74, 6) is -1.45. The third kappa shape index (κ3) is 9.03. The fraction of sp³-hybridized carbons (Fsp3) is 0.611. The van der Waals surface area contributed by atoms with Gasteiger partial charge in [-0.1, -0.05) is 51.9 Å². The largest absolute Gasteiger partial charge is 0.512 e. The van der Waals surface area contributed by atoms with Crippen molar-refractivity contribution in [2.75, 3.05) is 12.9 Å². The van der Waals surface area contributed by atoms with Crippen molar-refractivity contribution in [3.8, 4) is 11.6 Å². The van der Waals surface area contributed by atoms with Crippen LogP contribution in [0.5, 0.6) is 11.6 Å². The fourth-order valence-electron chi connectivity index (χ4n) is 2.54. The summed E-state index contributed by atoms with van der Waals surface area (Å²) in [5, 5.41) is 8.62. The summed E-state index contributed by atoms with van der Waals surface area (Å²) in [6, 6.07) is 1.16. The van der Waals surface area contributed by atoms with E-state index >= 15 is 0 Å². The molecule has 1 heterocycles. The second-order valence-electron chi connectivity index (χ2n) is 6.32. The Kier molecular flexibility index (Phi) is 10.3. The molecule has 0 aromatic carbocycles. The second-order valence-corrected chi connectivity index (χ2v) is 8.17. The number of rotatable bonds is 13. The number of nitrogens with zero attached hydrogens (tertiary/aromatic N) is 1. The van der Waals surface area contributed by atoms with Gasteiger partial charge in [0, 0.05) is 12.3 Å². The zero-order valence-corrected chi connectivity index (χ0v) is 17.1. The van der Waals surface area contributed by atoms with Crippen molar-refractivity contribution >= 4 is 22.1 Å². The normalized spacial score (nSPS) is 11.1. The first kappa shape index (κ1) is 23.7. The molecule has 2 N–H and O–H groups in total. The van der Waals surface area contributed by atoms with Gasteiger partial charge >= 0.3 is 6.16 Å². The average molecular weight is 416 g/mol. The Morgan fingerprint density at radius 3 is 2.29 bits per heavy atom. The number of hydrogen-bond acceptors (Lipinski definition) is 7. The molecule has 0 unspecified atom stereocenters. The van der Waals surface area contributed by atoms with E-state index in [9.17, 15) is 18.0 Å². The Hall–Kier alpha value is -2.36. The number of nitrogens with one attached hydrogen (secondary N) is 1. The molecule has 0 atom stereocenters. The average Bonchev–Trinajstić information content (AvgIpc) is 2.63. The number of carboxylic acid groups (broad SMARTS) is 1. The molecule has 10 heteroatoms. The van der Waals surface area contributed by atoms with Crippen LogP contribution >= 0.6 is 0 Å². The molecule has 9 nitrogen and oxygen atoms in total. The van der Waals surface area contributed by atoms with E-state index in [4.69, 9.17) is 9.84 Å². The van der Waals surface area contributed by atoms with Crippen LogP contribution in [-0.2, 0) is 10.0 Å². The van der Waals surface area contributed by atoms with Crippen LogP contribution in [0.1, 0.15) is 68.6 Å². The topological polar surface area (TPSA) is 132 Å². The maximum Gasteiger partial charge on any atom is 0.512 e. The summed E-state index contributed by atoms with van der Waals surface area (Å²) in [6.07, 6.45) is 7.53. The molecule has 0 spiro atoms. The van der Waals surface area contributed by atoms with Crippen LogP contribution in [0.3, 0.4) is 0 Å². The van der Waals surface area contributed by atoms with Gasteiger partial charge in [0.15, 0.2) is 5.75 Å². The number of carbonyl (C=O) groups is 2. The molecule has 0 bridgehead atoms. The number of pyridine rings is 1. The number of unbranched alkanes of at least 4 members (excludes halogenated alkanes) is 7. The highest BCUT2D eigenvalue weighted by atomic mass is 32.2. The quantitative estimate of drug-likeness (QED) is 0.369. The van der Waals surface area contributed by atoms with Crippen LogP contribution in [0.2, 0.25) is 0 Å². The van der Waals surface area contributed by atoms with Crippen molar-refractivity contribution in [1.29, 1.82) is 0 Å². The SMILES string of the molecule is CCCCCCCCCCS(=O)(=O)NC(=O)c1cnc(OC(=O)O)c(OC)c1. The van der Waals surface area contributed by atoms with Crippen molar-refractivity contribution in [2.45, 2.75) is 58.3 Å². The molecule has 28 heavy (non-hydrogen) atoms. The van der Waals surface area contributed by atoms with E-state index in [2.05, 4.69) is 16.6 Å². The molecular weight excluding hydrogens is 388 g/mol. The Bertz CT molecular complexity index is 750. The highest BCUT2D eigenvalue weighted by Crippen LogP contribution is 2.25. The van der Waals surface area contributed by atoms with Gasteiger partial charge in [0.05, 0.1) is 18.4 Å². The molecule has 0 aliphatic carbocycles. The van der Waals surface area contributed by atoms with Crippen LogP contribution in [0.15, 0.2) is 12.3 Å². The molecule has 1 aromatic heterocycles. The van der Waals surface area contributed by atoms with E-state index in [0.717, 1.165) is 37.9 Å². The predicted molar refractivity (Wildman–Crippen MR) is 103 cm³/mol.